The van der Waals surface area contributed by atoms with Crippen LogP contribution >= 0.6 is 0 Å². The SMILES string of the molecule is CC(C)N1CCC(NCCCO)CC1. The minimum Gasteiger partial charge on any atom is -0.396 e. The molecule has 1 fully saturated rings. The fraction of sp³-hybridized carbons (Fsp3) is 1.00. The fourth-order valence-corrected chi connectivity index (χ4v) is 2.01. The van der Waals surface area contributed by atoms with E-state index in [1.54, 1.807) is 0 Å². The van der Waals surface area contributed by atoms with Gasteiger partial charge in [-0.1, -0.05) is 0 Å². The number of rotatable bonds is 5. The van der Waals surface area contributed by atoms with Gasteiger partial charge in [0, 0.05) is 18.7 Å². The first-order valence-corrected chi connectivity index (χ1v) is 5.82. The van der Waals surface area contributed by atoms with E-state index in [2.05, 4.69) is 24.1 Å². The van der Waals surface area contributed by atoms with Gasteiger partial charge in [0.15, 0.2) is 0 Å². The van der Waals surface area contributed by atoms with Gasteiger partial charge in [0.05, 0.1) is 0 Å². The van der Waals surface area contributed by atoms with Crippen molar-refractivity contribution in [3.63, 3.8) is 0 Å². The Morgan fingerprint density at radius 3 is 2.50 bits per heavy atom. The van der Waals surface area contributed by atoms with Crippen molar-refractivity contribution < 1.29 is 5.11 Å². The van der Waals surface area contributed by atoms with E-state index >= 15 is 0 Å². The summed E-state index contributed by atoms with van der Waals surface area (Å²) in [5.41, 5.74) is 0. The number of aliphatic hydroxyl groups is 1. The lowest BCUT2D eigenvalue weighted by Gasteiger charge is -2.35. The van der Waals surface area contributed by atoms with Crippen LogP contribution in [0.2, 0.25) is 0 Å². The Balaban J connectivity index is 2.09. The maximum atomic E-state index is 8.66. The summed E-state index contributed by atoms with van der Waals surface area (Å²) in [6.45, 7) is 8.22. The second-order valence-corrected chi connectivity index (χ2v) is 4.44. The number of piperidine rings is 1. The van der Waals surface area contributed by atoms with Crippen molar-refractivity contribution in [3.8, 4) is 0 Å². The molecule has 0 aliphatic carbocycles. The van der Waals surface area contributed by atoms with Crippen LogP contribution in [0.15, 0.2) is 0 Å². The molecule has 2 N–H and O–H groups in total. The molecule has 14 heavy (non-hydrogen) atoms. The first-order valence-electron chi connectivity index (χ1n) is 5.82. The number of nitrogens with zero attached hydrogens (tertiary/aromatic N) is 1. The Labute approximate surface area is 87.5 Å². The molecule has 1 aliphatic rings. The van der Waals surface area contributed by atoms with Crippen LogP contribution in [0, 0.1) is 0 Å². The van der Waals surface area contributed by atoms with E-state index in [4.69, 9.17) is 5.11 Å². The highest BCUT2D eigenvalue weighted by atomic mass is 16.3. The van der Waals surface area contributed by atoms with Crippen LogP contribution in [-0.4, -0.2) is 48.3 Å². The topological polar surface area (TPSA) is 35.5 Å². The Bertz CT molecular complexity index is 142. The molecule has 0 atom stereocenters. The van der Waals surface area contributed by atoms with Crippen molar-refractivity contribution in [2.24, 2.45) is 0 Å². The zero-order valence-corrected chi connectivity index (χ0v) is 9.50. The van der Waals surface area contributed by atoms with Gasteiger partial charge in [0.1, 0.15) is 0 Å². The molecule has 3 nitrogen and oxygen atoms in total. The lowest BCUT2D eigenvalue weighted by Crippen LogP contribution is -2.45. The van der Waals surface area contributed by atoms with Crippen LogP contribution in [0.25, 0.3) is 0 Å². The van der Waals surface area contributed by atoms with Gasteiger partial charge in [-0.15, -0.1) is 0 Å². The summed E-state index contributed by atoms with van der Waals surface area (Å²) in [6.07, 6.45) is 3.39. The molecule has 0 spiro atoms. The number of likely N-dealkylation sites (tertiary alicyclic amines) is 1. The van der Waals surface area contributed by atoms with Gasteiger partial charge < -0.3 is 15.3 Å². The van der Waals surface area contributed by atoms with E-state index < -0.39 is 0 Å². The summed E-state index contributed by atoms with van der Waals surface area (Å²) in [7, 11) is 0. The molecule has 1 aliphatic heterocycles. The van der Waals surface area contributed by atoms with Crippen molar-refractivity contribution >= 4 is 0 Å². The van der Waals surface area contributed by atoms with Gasteiger partial charge in [-0.3, -0.25) is 0 Å². The second kappa shape index (κ2) is 6.38. The maximum Gasteiger partial charge on any atom is 0.0443 e. The third-order valence-electron chi connectivity index (χ3n) is 3.03. The largest absolute Gasteiger partial charge is 0.396 e. The normalized spacial score (nSPS) is 20.6. The van der Waals surface area contributed by atoms with Crippen molar-refractivity contribution in [3.05, 3.63) is 0 Å². The maximum absolute atomic E-state index is 8.66. The van der Waals surface area contributed by atoms with Crippen LogP contribution in [-0.2, 0) is 0 Å². The number of nitrogens with one attached hydrogen (secondary N) is 1. The predicted molar refractivity (Wildman–Crippen MR) is 59.4 cm³/mol. The zero-order valence-electron chi connectivity index (χ0n) is 9.50. The number of hydrogen-bond acceptors (Lipinski definition) is 3. The molecule has 1 heterocycles. The molecule has 1 saturated heterocycles. The average Bonchev–Trinajstić information content (AvgIpc) is 2.19. The van der Waals surface area contributed by atoms with Gasteiger partial charge in [-0.25, -0.2) is 0 Å². The van der Waals surface area contributed by atoms with Gasteiger partial charge >= 0.3 is 0 Å². The third-order valence-corrected chi connectivity index (χ3v) is 3.03. The third kappa shape index (κ3) is 3.95. The van der Waals surface area contributed by atoms with Crippen LogP contribution in [0.5, 0.6) is 0 Å². The smallest absolute Gasteiger partial charge is 0.0443 e. The van der Waals surface area contributed by atoms with Crippen molar-refractivity contribution in [1.29, 1.82) is 0 Å². The summed E-state index contributed by atoms with van der Waals surface area (Å²) in [5, 5.41) is 12.2. The van der Waals surface area contributed by atoms with Crippen molar-refractivity contribution in [1.82, 2.24) is 10.2 Å². The van der Waals surface area contributed by atoms with Gasteiger partial charge in [0.2, 0.25) is 0 Å². The van der Waals surface area contributed by atoms with E-state index in [1.807, 2.05) is 0 Å². The highest BCUT2D eigenvalue weighted by molar-refractivity contribution is 4.78. The van der Waals surface area contributed by atoms with Crippen LogP contribution in [0.1, 0.15) is 33.1 Å². The molecule has 0 unspecified atom stereocenters. The molecule has 0 saturated carbocycles. The molecule has 0 aromatic carbocycles. The minimum absolute atomic E-state index is 0.303. The van der Waals surface area contributed by atoms with Crippen LogP contribution in [0.3, 0.4) is 0 Å². The van der Waals surface area contributed by atoms with E-state index in [1.165, 1.54) is 25.9 Å². The Kier molecular flexibility index (Phi) is 5.45. The summed E-state index contributed by atoms with van der Waals surface area (Å²) < 4.78 is 0. The number of hydrogen-bond donors (Lipinski definition) is 2. The summed E-state index contributed by atoms with van der Waals surface area (Å²) in [5.74, 6) is 0. The lowest BCUT2D eigenvalue weighted by molar-refractivity contribution is 0.160. The minimum atomic E-state index is 0.303. The molecule has 0 radical (unpaired) electrons. The molecule has 0 aromatic heterocycles. The summed E-state index contributed by atoms with van der Waals surface area (Å²) in [4.78, 5) is 2.53. The molecule has 1 rings (SSSR count). The zero-order chi connectivity index (χ0) is 10.4. The molecule has 3 heteroatoms. The Hall–Kier alpha value is -0.120. The monoisotopic (exact) mass is 200 g/mol. The van der Waals surface area contributed by atoms with E-state index in [0.717, 1.165) is 13.0 Å². The molecule has 0 amide bonds. The van der Waals surface area contributed by atoms with Crippen molar-refractivity contribution in [2.45, 2.75) is 45.2 Å². The van der Waals surface area contributed by atoms with E-state index in [-0.39, 0.29) is 0 Å². The molecule has 0 bridgehead atoms. The first-order chi connectivity index (χ1) is 6.74. The Morgan fingerprint density at radius 2 is 2.00 bits per heavy atom. The quantitative estimate of drug-likeness (QED) is 0.645. The molecular formula is C11H24N2O. The average molecular weight is 200 g/mol. The molecular weight excluding hydrogens is 176 g/mol. The highest BCUT2D eigenvalue weighted by Crippen LogP contribution is 2.12. The van der Waals surface area contributed by atoms with E-state index in [0.29, 0.717) is 18.7 Å². The first kappa shape index (κ1) is 12.0. The number of aliphatic hydroxyl groups excluding tert-OH is 1. The summed E-state index contributed by atoms with van der Waals surface area (Å²) >= 11 is 0. The predicted octanol–water partition coefficient (Wildman–Crippen LogP) is 0.831. The van der Waals surface area contributed by atoms with Crippen molar-refractivity contribution in [2.75, 3.05) is 26.2 Å². The van der Waals surface area contributed by atoms with Gasteiger partial charge in [0.25, 0.3) is 0 Å². The molecule has 84 valence electrons. The molecule has 0 aromatic rings. The Morgan fingerprint density at radius 1 is 1.36 bits per heavy atom. The standard InChI is InChI=1S/C11H24N2O/c1-10(2)13-7-4-11(5-8-13)12-6-3-9-14/h10-12,14H,3-9H2,1-2H3. The van der Waals surface area contributed by atoms with Gasteiger partial charge in [-0.2, -0.15) is 0 Å². The summed E-state index contributed by atoms with van der Waals surface area (Å²) in [6, 6.07) is 1.37. The van der Waals surface area contributed by atoms with E-state index in [9.17, 15) is 0 Å². The van der Waals surface area contributed by atoms with Gasteiger partial charge in [-0.05, 0) is 52.7 Å². The fourth-order valence-electron chi connectivity index (χ4n) is 2.01. The highest BCUT2D eigenvalue weighted by Gasteiger charge is 2.19. The van der Waals surface area contributed by atoms with Crippen LogP contribution in [0.4, 0.5) is 0 Å². The second-order valence-electron chi connectivity index (χ2n) is 4.44. The van der Waals surface area contributed by atoms with Crippen LogP contribution < -0.4 is 5.32 Å². The lowest BCUT2D eigenvalue weighted by atomic mass is 10.0.